The van der Waals surface area contributed by atoms with E-state index in [1.165, 1.54) is 5.56 Å². The van der Waals surface area contributed by atoms with Gasteiger partial charge in [0, 0.05) is 19.1 Å². The van der Waals surface area contributed by atoms with Crippen LogP contribution in [-0.4, -0.2) is 28.7 Å². The van der Waals surface area contributed by atoms with Gasteiger partial charge in [0.2, 0.25) is 5.95 Å². The average Bonchev–Trinajstić information content (AvgIpc) is 3.07. The Balaban J connectivity index is 1.81. The molecule has 0 saturated carbocycles. The zero-order chi connectivity index (χ0) is 18.1. The average molecular weight is 345 g/mol. The van der Waals surface area contributed by atoms with E-state index < -0.39 is 0 Å². The van der Waals surface area contributed by atoms with Crippen LogP contribution in [0, 0.1) is 6.57 Å². The number of fused-ring (bicyclic) bond motifs is 1. The van der Waals surface area contributed by atoms with Crippen molar-refractivity contribution in [1.82, 2.24) is 9.55 Å². The Morgan fingerprint density at radius 2 is 1.96 bits per heavy atom. The molecule has 0 amide bonds. The van der Waals surface area contributed by atoms with Gasteiger partial charge in [-0.25, -0.2) is 9.83 Å². The molecule has 5 heteroatoms. The summed E-state index contributed by atoms with van der Waals surface area (Å²) in [6.07, 6.45) is 2.17. The van der Waals surface area contributed by atoms with Crippen molar-refractivity contribution in [3.05, 3.63) is 65.5 Å². The van der Waals surface area contributed by atoms with Gasteiger partial charge < -0.3 is 15.2 Å². The molecule has 2 aromatic carbocycles. The predicted octanol–water partition coefficient (Wildman–Crippen LogP) is 4.12. The summed E-state index contributed by atoms with van der Waals surface area (Å²) in [5.74, 6) is 0.989. The summed E-state index contributed by atoms with van der Waals surface area (Å²) in [4.78, 5) is 10.7. The molecule has 1 saturated heterocycles. The van der Waals surface area contributed by atoms with Gasteiger partial charge in [-0.3, -0.25) is 0 Å². The summed E-state index contributed by atoms with van der Waals surface area (Å²) in [5, 5.41) is 0. The third-order valence-electron chi connectivity index (χ3n) is 5.21. The second-order valence-electron chi connectivity index (χ2n) is 7.00. The number of anilines is 1. The second kappa shape index (κ2) is 6.81. The Hall–Kier alpha value is -2.84. The smallest absolute Gasteiger partial charge is 0.207 e. The summed E-state index contributed by atoms with van der Waals surface area (Å²) in [6.45, 7) is 11.2. The molecule has 5 nitrogen and oxygen atoms in total. The first kappa shape index (κ1) is 16.6. The Morgan fingerprint density at radius 3 is 2.69 bits per heavy atom. The van der Waals surface area contributed by atoms with Gasteiger partial charge in [0.1, 0.15) is 0 Å². The molecule has 132 valence electrons. The van der Waals surface area contributed by atoms with Gasteiger partial charge in [0.15, 0.2) is 5.69 Å². The van der Waals surface area contributed by atoms with E-state index in [4.69, 9.17) is 17.3 Å². The minimum atomic E-state index is 0.121. The van der Waals surface area contributed by atoms with Gasteiger partial charge in [0.25, 0.3) is 0 Å². The summed E-state index contributed by atoms with van der Waals surface area (Å²) in [5.41, 5.74) is 10.2. The normalized spacial score (nSPS) is 18.7. The first-order valence-electron chi connectivity index (χ1n) is 9.12. The van der Waals surface area contributed by atoms with Crippen molar-refractivity contribution >= 4 is 22.7 Å². The molecule has 1 fully saturated rings. The summed E-state index contributed by atoms with van der Waals surface area (Å²) in [6, 6.07) is 16.4. The molecule has 2 heterocycles. The highest BCUT2D eigenvalue weighted by Crippen LogP contribution is 2.32. The lowest BCUT2D eigenvalue weighted by Gasteiger charge is -2.33. The van der Waals surface area contributed by atoms with Gasteiger partial charge in [0.05, 0.1) is 23.6 Å². The Kier molecular flexibility index (Phi) is 4.36. The van der Waals surface area contributed by atoms with E-state index in [2.05, 4.69) is 39.4 Å². The standard InChI is InChI=1S/C21H23N5/c1-15(16-9-11-18(23-2)12-10-16)26-20-8-4-3-7-19(20)24-21(26)25-13-5-6-17(22)14-25/h3-4,7-12,15,17H,5-6,13-14,22H2,1H3/t15-,17-/m0/s1. The van der Waals surface area contributed by atoms with Gasteiger partial charge >= 0.3 is 0 Å². The SMILES string of the molecule is [C-]#[N+]c1ccc([C@H](C)n2c(N3CCC[C@H](N)C3)nc3ccccc32)cc1. The van der Waals surface area contributed by atoms with E-state index in [9.17, 15) is 0 Å². The van der Waals surface area contributed by atoms with Crippen LogP contribution in [0.15, 0.2) is 48.5 Å². The summed E-state index contributed by atoms with van der Waals surface area (Å²) >= 11 is 0. The molecule has 0 unspecified atom stereocenters. The van der Waals surface area contributed by atoms with Crippen molar-refractivity contribution in [3.8, 4) is 0 Å². The third kappa shape index (κ3) is 2.93. The maximum atomic E-state index is 7.15. The Morgan fingerprint density at radius 1 is 1.19 bits per heavy atom. The first-order chi connectivity index (χ1) is 12.7. The molecule has 1 aliphatic rings. The van der Waals surface area contributed by atoms with E-state index in [0.717, 1.165) is 42.9 Å². The van der Waals surface area contributed by atoms with Crippen LogP contribution < -0.4 is 10.6 Å². The molecule has 4 rings (SSSR count). The fraction of sp³-hybridized carbons (Fsp3) is 0.333. The van der Waals surface area contributed by atoms with Crippen molar-refractivity contribution < 1.29 is 0 Å². The number of nitrogens with two attached hydrogens (primary N) is 1. The molecule has 0 aliphatic carbocycles. The zero-order valence-electron chi connectivity index (χ0n) is 15.0. The van der Waals surface area contributed by atoms with Crippen LogP contribution >= 0.6 is 0 Å². The highest BCUT2D eigenvalue weighted by Gasteiger charge is 2.25. The lowest BCUT2D eigenvalue weighted by molar-refractivity contribution is 0.490. The molecular weight excluding hydrogens is 322 g/mol. The van der Waals surface area contributed by atoms with Crippen molar-refractivity contribution in [2.75, 3.05) is 18.0 Å². The van der Waals surface area contributed by atoms with E-state index in [1.54, 1.807) is 0 Å². The van der Waals surface area contributed by atoms with E-state index in [0.29, 0.717) is 5.69 Å². The zero-order valence-corrected chi connectivity index (χ0v) is 15.0. The molecular formula is C21H23N5. The number of rotatable bonds is 3. The van der Waals surface area contributed by atoms with Gasteiger partial charge in [-0.2, -0.15) is 0 Å². The summed E-state index contributed by atoms with van der Waals surface area (Å²) < 4.78 is 2.31. The molecule has 1 aromatic heterocycles. The summed E-state index contributed by atoms with van der Waals surface area (Å²) in [7, 11) is 0. The molecule has 0 radical (unpaired) electrons. The monoisotopic (exact) mass is 345 g/mol. The van der Waals surface area contributed by atoms with E-state index in [1.807, 2.05) is 30.3 Å². The number of para-hydroxylation sites is 2. The highest BCUT2D eigenvalue weighted by molar-refractivity contribution is 5.79. The minimum absolute atomic E-state index is 0.121. The second-order valence-corrected chi connectivity index (χ2v) is 7.00. The van der Waals surface area contributed by atoms with Crippen LogP contribution in [0.2, 0.25) is 0 Å². The van der Waals surface area contributed by atoms with Gasteiger partial charge in [-0.1, -0.05) is 36.4 Å². The topological polar surface area (TPSA) is 51.4 Å². The van der Waals surface area contributed by atoms with Gasteiger partial charge in [-0.15, -0.1) is 0 Å². The highest BCUT2D eigenvalue weighted by atomic mass is 15.3. The number of hydrogen-bond donors (Lipinski definition) is 1. The number of aromatic nitrogens is 2. The Bertz CT molecular complexity index is 951. The van der Waals surface area contributed by atoms with Crippen molar-refractivity contribution in [2.24, 2.45) is 5.73 Å². The lowest BCUT2D eigenvalue weighted by Crippen LogP contribution is -2.44. The van der Waals surface area contributed by atoms with E-state index >= 15 is 0 Å². The maximum absolute atomic E-state index is 7.15. The molecule has 0 bridgehead atoms. The van der Waals surface area contributed by atoms with Crippen LogP contribution in [0.1, 0.15) is 31.4 Å². The molecule has 2 atom stereocenters. The molecule has 26 heavy (non-hydrogen) atoms. The fourth-order valence-corrected chi connectivity index (χ4v) is 3.80. The number of piperidine rings is 1. The number of imidazole rings is 1. The van der Waals surface area contributed by atoms with Crippen LogP contribution in [0.3, 0.4) is 0 Å². The minimum Gasteiger partial charge on any atom is -0.341 e. The van der Waals surface area contributed by atoms with Crippen LogP contribution in [0.25, 0.3) is 15.9 Å². The van der Waals surface area contributed by atoms with Crippen LogP contribution in [0.4, 0.5) is 11.6 Å². The van der Waals surface area contributed by atoms with Gasteiger partial charge in [-0.05, 0) is 37.5 Å². The van der Waals surface area contributed by atoms with Crippen molar-refractivity contribution in [2.45, 2.75) is 31.8 Å². The maximum Gasteiger partial charge on any atom is 0.207 e. The number of benzene rings is 2. The number of nitrogens with zero attached hydrogens (tertiary/aromatic N) is 4. The molecule has 2 N–H and O–H groups in total. The van der Waals surface area contributed by atoms with Crippen molar-refractivity contribution in [3.63, 3.8) is 0 Å². The third-order valence-corrected chi connectivity index (χ3v) is 5.21. The van der Waals surface area contributed by atoms with Crippen LogP contribution in [-0.2, 0) is 0 Å². The predicted molar refractivity (Wildman–Crippen MR) is 106 cm³/mol. The lowest BCUT2D eigenvalue weighted by atomic mass is 10.1. The molecule has 1 aliphatic heterocycles. The van der Waals surface area contributed by atoms with Crippen molar-refractivity contribution in [1.29, 1.82) is 0 Å². The number of hydrogen-bond acceptors (Lipinski definition) is 3. The molecule has 0 spiro atoms. The largest absolute Gasteiger partial charge is 0.341 e. The van der Waals surface area contributed by atoms with E-state index in [-0.39, 0.29) is 12.1 Å². The van der Waals surface area contributed by atoms with Crippen LogP contribution in [0.5, 0.6) is 0 Å². The first-order valence-corrected chi connectivity index (χ1v) is 9.12. The quantitative estimate of drug-likeness (QED) is 0.726. The fourth-order valence-electron chi connectivity index (χ4n) is 3.80. The Labute approximate surface area is 153 Å². The molecule has 3 aromatic rings.